The molecule has 2 unspecified atom stereocenters. The van der Waals surface area contributed by atoms with Crippen molar-refractivity contribution in [2.75, 3.05) is 13.2 Å². The molecule has 66 valence electrons. The molecule has 1 rings (SSSR count). The van der Waals surface area contributed by atoms with E-state index in [0.717, 1.165) is 24.9 Å². The standard InChI is InChI=1S/C9H18OS/c1-4-6-10-7-9(3)8(5-2)11-9/h8H,4-7H2,1-3H3. The molecule has 0 N–H and O–H groups in total. The van der Waals surface area contributed by atoms with Gasteiger partial charge in [0.05, 0.1) is 6.61 Å². The molecule has 0 aromatic carbocycles. The molecular weight excluding hydrogens is 156 g/mol. The van der Waals surface area contributed by atoms with Crippen molar-refractivity contribution in [1.29, 1.82) is 0 Å². The van der Waals surface area contributed by atoms with Crippen LogP contribution in [0.25, 0.3) is 0 Å². The maximum absolute atomic E-state index is 5.52. The summed E-state index contributed by atoms with van der Waals surface area (Å²) >= 11 is 2.06. The van der Waals surface area contributed by atoms with Gasteiger partial charge in [-0.05, 0) is 19.8 Å². The molecule has 0 bridgehead atoms. The first kappa shape index (κ1) is 9.40. The Morgan fingerprint density at radius 3 is 2.64 bits per heavy atom. The van der Waals surface area contributed by atoms with Gasteiger partial charge in [-0.2, -0.15) is 0 Å². The Bertz CT molecular complexity index is 127. The molecule has 2 atom stereocenters. The van der Waals surface area contributed by atoms with Gasteiger partial charge in [0.1, 0.15) is 0 Å². The van der Waals surface area contributed by atoms with E-state index in [9.17, 15) is 0 Å². The number of ether oxygens (including phenoxy) is 1. The van der Waals surface area contributed by atoms with E-state index in [-0.39, 0.29) is 0 Å². The second-order valence-electron chi connectivity index (χ2n) is 3.38. The van der Waals surface area contributed by atoms with Gasteiger partial charge in [0.15, 0.2) is 0 Å². The van der Waals surface area contributed by atoms with E-state index in [4.69, 9.17) is 4.74 Å². The largest absolute Gasteiger partial charge is 0.380 e. The highest BCUT2D eigenvalue weighted by Gasteiger charge is 2.49. The minimum atomic E-state index is 0.462. The average molecular weight is 174 g/mol. The lowest BCUT2D eigenvalue weighted by Gasteiger charge is -2.08. The van der Waals surface area contributed by atoms with Gasteiger partial charge in [-0.15, -0.1) is 11.8 Å². The fourth-order valence-corrected chi connectivity index (χ4v) is 2.49. The highest BCUT2D eigenvalue weighted by Crippen LogP contribution is 2.54. The first-order valence-electron chi connectivity index (χ1n) is 4.48. The molecule has 0 aliphatic carbocycles. The lowest BCUT2D eigenvalue weighted by Crippen LogP contribution is -2.17. The van der Waals surface area contributed by atoms with Crippen LogP contribution in [-0.4, -0.2) is 23.2 Å². The van der Waals surface area contributed by atoms with Crippen LogP contribution in [0.15, 0.2) is 0 Å². The Labute approximate surface area is 73.9 Å². The predicted octanol–water partition coefficient (Wildman–Crippen LogP) is 2.70. The smallest absolute Gasteiger partial charge is 0.0621 e. The summed E-state index contributed by atoms with van der Waals surface area (Å²) in [7, 11) is 0. The summed E-state index contributed by atoms with van der Waals surface area (Å²) in [6.07, 6.45) is 2.42. The molecule has 2 heteroatoms. The lowest BCUT2D eigenvalue weighted by atomic mass is 10.1. The Balaban J connectivity index is 2.08. The molecule has 1 saturated heterocycles. The van der Waals surface area contributed by atoms with Crippen LogP contribution >= 0.6 is 11.8 Å². The fourth-order valence-electron chi connectivity index (χ4n) is 1.35. The molecular formula is C9H18OS. The molecule has 0 aromatic heterocycles. The van der Waals surface area contributed by atoms with E-state index >= 15 is 0 Å². The third kappa shape index (κ3) is 2.38. The minimum Gasteiger partial charge on any atom is -0.380 e. The summed E-state index contributed by atoms with van der Waals surface area (Å²) in [6.45, 7) is 8.58. The first-order valence-corrected chi connectivity index (χ1v) is 5.36. The van der Waals surface area contributed by atoms with Crippen LogP contribution < -0.4 is 0 Å². The average Bonchev–Trinajstić information content (AvgIpc) is 2.63. The quantitative estimate of drug-likeness (QED) is 0.468. The van der Waals surface area contributed by atoms with Crippen LogP contribution in [-0.2, 0) is 4.74 Å². The molecule has 1 aliphatic heterocycles. The topological polar surface area (TPSA) is 9.23 Å². The predicted molar refractivity (Wildman–Crippen MR) is 51.2 cm³/mol. The summed E-state index contributed by atoms with van der Waals surface area (Å²) in [5.41, 5.74) is 0. The molecule has 0 radical (unpaired) electrons. The maximum atomic E-state index is 5.52. The molecule has 1 nitrogen and oxygen atoms in total. The van der Waals surface area contributed by atoms with E-state index < -0.39 is 0 Å². The number of rotatable bonds is 5. The van der Waals surface area contributed by atoms with Gasteiger partial charge in [0.2, 0.25) is 0 Å². The molecule has 1 aliphatic rings. The zero-order chi connectivity index (χ0) is 8.32. The molecule has 1 heterocycles. The molecule has 11 heavy (non-hydrogen) atoms. The lowest BCUT2D eigenvalue weighted by molar-refractivity contribution is 0.122. The second kappa shape index (κ2) is 3.81. The SMILES string of the molecule is CCCOCC1(C)SC1CC. The highest BCUT2D eigenvalue weighted by molar-refractivity contribution is 8.08. The van der Waals surface area contributed by atoms with Crippen molar-refractivity contribution < 1.29 is 4.74 Å². The highest BCUT2D eigenvalue weighted by atomic mass is 32.2. The van der Waals surface area contributed by atoms with Gasteiger partial charge in [-0.1, -0.05) is 13.8 Å². The van der Waals surface area contributed by atoms with Crippen molar-refractivity contribution in [3.8, 4) is 0 Å². The van der Waals surface area contributed by atoms with E-state index in [2.05, 4.69) is 32.5 Å². The Hall–Kier alpha value is 0.310. The van der Waals surface area contributed by atoms with Gasteiger partial charge >= 0.3 is 0 Å². The zero-order valence-electron chi connectivity index (χ0n) is 7.72. The first-order chi connectivity index (χ1) is 5.23. The van der Waals surface area contributed by atoms with Crippen molar-refractivity contribution in [3.63, 3.8) is 0 Å². The number of hydrogen-bond donors (Lipinski definition) is 0. The summed E-state index contributed by atoms with van der Waals surface area (Å²) < 4.78 is 5.98. The van der Waals surface area contributed by atoms with Crippen molar-refractivity contribution in [1.82, 2.24) is 0 Å². The summed E-state index contributed by atoms with van der Waals surface area (Å²) in [6, 6.07) is 0. The van der Waals surface area contributed by atoms with E-state index in [1.54, 1.807) is 0 Å². The van der Waals surface area contributed by atoms with Crippen molar-refractivity contribution in [2.45, 2.75) is 43.6 Å². The van der Waals surface area contributed by atoms with Gasteiger partial charge < -0.3 is 4.74 Å². The summed E-state index contributed by atoms with van der Waals surface area (Å²) in [5, 5.41) is 0.861. The van der Waals surface area contributed by atoms with Crippen molar-refractivity contribution in [3.05, 3.63) is 0 Å². The number of thioether (sulfide) groups is 1. The van der Waals surface area contributed by atoms with Crippen LogP contribution in [0.5, 0.6) is 0 Å². The van der Waals surface area contributed by atoms with Crippen molar-refractivity contribution >= 4 is 11.8 Å². The monoisotopic (exact) mass is 174 g/mol. The Morgan fingerprint density at radius 2 is 2.18 bits per heavy atom. The van der Waals surface area contributed by atoms with Gasteiger partial charge in [0.25, 0.3) is 0 Å². The minimum absolute atomic E-state index is 0.462. The molecule has 0 spiro atoms. The molecule has 1 fully saturated rings. The second-order valence-corrected chi connectivity index (χ2v) is 5.12. The molecule has 0 aromatic rings. The third-order valence-corrected chi connectivity index (χ3v) is 3.97. The van der Waals surface area contributed by atoms with Crippen molar-refractivity contribution in [2.24, 2.45) is 0 Å². The number of hydrogen-bond acceptors (Lipinski definition) is 2. The van der Waals surface area contributed by atoms with Gasteiger partial charge in [0, 0.05) is 16.6 Å². The van der Waals surface area contributed by atoms with Gasteiger partial charge in [-0.25, -0.2) is 0 Å². The summed E-state index contributed by atoms with van der Waals surface area (Å²) in [5.74, 6) is 0. The van der Waals surface area contributed by atoms with Crippen LogP contribution in [0.1, 0.15) is 33.6 Å². The van der Waals surface area contributed by atoms with Crippen LogP contribution in [0, 0.1) is 0 Å². The third-order valence-electron chi connectivity index (χ3n) is 2.14. The fraction of sp³-hybridized carbons (Fsp3) is 1.00. The Kier molecular flexibility index (Phi) is 3.26. The van der Waals surface area contributed by atoms with Crippen LogP contribution in [0.2, 0.25) is 0 Å². The van der Waals surface area contributed by atoms with Gasteiger partial charge in [-0.3, -0.25) is 0 Å². The van der Waals surface area contributed by atoms with Crippen LogP contribution in [0.4, 0.5) is 0 Å². The van der Waals surface area contributed by atoms with E-state index in [1.807, 2.05) is 0 Å². The zero-order valence-corrected chi connectivity index (χ0v) is 8.54. The Morgan fingerprint density at radius 1 is 1.45 bits per heavy atom. The van der Waals surface area contributed by atoms with Crippen LogP contribution in [0.3, 0.4) is 0 Å². The molecule has 0 saturated carbocycles. The van der Waals surface area contributed by atoms with E-state index in [0.29, 0.717) is 4.75 Å². The summed E-state index contributed by atoms with van der Waals surface area (Å²) in [4.78, 5) is 0. The maximum Gasteiger partial charge on any atom is 0.0621 e. The van der Waals surface area contributed by atoms with E-state index in [1.165, 1.54) is 6.42 Å². The molecule has 0 amide bonds. The normalized spacial score (nSPS) is 35.7.